The van der Waals surface area contributed by atoms with Gasteiger partial charge in [-0.15, -0.1) is 0 Å². The van der Waals surface area contributed by atoms with Gasteiger partial charge in [-0.1, -0.05) is 29.8 Å². The Morgan fingerprint density at radius 1 is 1.14 bits per heavy atom. The van der Waals surface area contributed by atoms with Gasteiger partial charge in [-0.2, -0.15) is 0 Å². The van der Waals surface area contributed by atoms with Gasteiger partial charge in [0.2, 0.25) is 0 Å². The average Bonchev–Trinajstić information content (AvgIpc) is 3.15. The van der Waals surface area contributed by atoms with Crippen LogP contribution in [0.2, 0.25) is 5.02 Å². The van der Waals surface area contributed by atoms with Crippen molar-refractivity contribution < 1.29 is 14.3 Å². The fourth-order valence-electron chi connectivity index (χ4n) is 3.18. The zero-order chi connectivity index (χ0) is 20.4. The molecule has 0 saturated heterocycles. The van der Waals surface area contributed by atoms with Crippen molar-refractivity contribution in [3.8, 4) is 28.3 Å². The Morgan fingerprint density at radius 2 is 1.97 bits per heavy atom. The highest BCUT2D eigenvalue weighted by atomic mass is 35.5. The summed E-state index contributed by atoms with van der Waals surface area (Å²) in [6, 6.07) is 17.0. The van der Waals surface area contributed by atoms with Gasteiger partial charge in [0.1, 0.15) is 22.9 Å². The number of pyridine rings is 1. The molecule has 6 heteroatoms. The van der Waals surface area contributed by atoms with Crippen LogP contribution < -0.4 is 5.32 Å². The van der Waals surface area contributed by atoms with Gasteiger partial charge in [0.15, 0.2) is 0 Å². The topological polar surface area (TPSA) is 67.5 Å². The van der Waals surface area contributed by atoms with Crippen LogP contribution in [0.15, 0.2) is 59.0 Å². The molecular weight excluding hydrogens is 388 g/mol. The van der Waals surface area contributed by atoms with Crippen molar-refractivity contribution in [2.24, 2.45) is 0 Å². The number of rotatable bonds is 6. The van der Waals surface area contributed by atoms with E-state index in [2.05, 4.69) is 10.3 Å². The predicted octanol–water partition coefficient (Wildman–Crippen LogP) is 5.89. The van der Waals surface area contributed by atoms with E-state index in [1.807, 2.05) is 49.4 Å². The number of methoxy groups -OCH3 is 1. The summed E-state index contributed by atoms with van der Waals surface area (Å²) in [5, 5.41) is 15.3. The summed E-state index contributed by atoms with van der Waals surface area (Å²) in [7, 11) is 1.65. The highest BCUT2D eigenvalue weighted by Crippen LogP contribution is 2.37. The molecule has 0 aliphatic rings. The van der Waals surface area contributed by atoms with Gasteiger partial charge < -0.3 is 19.6 Å². The number of para-hydroxylation sites is 1. The molecule has 0 aliphatic heterocycles. The van der Waals surface area contributed by atoms with Crippen LogP contribution in [-0.4, -0.2) is 30.4 Å². The lowest BCUT2D eigenvalue weighted by Crippen LogP contribution is -2.09. The number of halogens is 1. The molecule has 0 fully saturated rings. The molecule has 148 valence electrons. The first kappa shape index (κ1) is 19.3. The highest BCUT2D eigenvalue weighted by Gasteiger charge is 2.14. The number of aryl methyl sites for hydroxylation is 1. The van der Waals surface area contributed by atoms with Crippen LogP contribution in [0.1, 0.15) is 5.56 Å². The van der Waals surface area contributed by atoms with Crippen molar-refractivity contribution in [2.75, 3.05) is 25.6 Å². The largest absolute Gasteiger partial charge is 0.507 e. The first-order valence-corrected chi connectivity index (χ1v) is 9.66. The summed E-state index contributed by atoms with van der Waals surface area (Å²) < 4.78 is 11.1. The van der Waals surface area contributed by atoms with Crippen molar-refractivity contribution in [3.63, 3.8) is 0 Å². The maximum Gasteiger partial charge on any atom is 0.135 e. The Labute approximate surface area is 173 Å². The van der Waals surface area contributed by atoms with Gasteiger partial charge >= 0.3 is 0 Å². The van der Waals surface area contributed by atoms with Crippen LogP contribution in [0, 0.1) is 6.92 Å². The number of benzene rings is 2. The van der Waals surface area contributed by atoms with Crippen molar-refractivity contribution >= 4 is 28.4 Å². The number of nitrogens with one attached hydrogen (secondary N) is 1. The van der Waals surface area contributed by atoms with Crippen molar-refractivity contribution in [3.05, 3.63) is 65.2 Å². The van der Waals surface area contributed by atoms with Gasteiger partial charge in [-0.3, -0.25) is 0 Å². The van der Waals surface area contributed by atoms with E-state index >= 15 is 0 Å². The van der Waals surface area contributed by atoms with E-state index in [0.29, 0.717) is 35.2 Å². The predicted molar refractivity (Wildman–Crippen MR) is 117 cm³/mol. The summed E-state index contributed by atoms with van der Waals surface area (Å²) in [5.41, 5.74) is 3.63. The second kappa shape index (κ2) is 8.15. The van der Waals surface area contributed by atoms with E-state index in [0.717, 1.165) is 27.9 Å². The Morgan fingerprint density at radius 3 is 2.76 bits per heavy atom. The molecule has 0 amide bonds. The number of hydrogen-bond acceptors (Lipinski definition) is 5. The highest BCUT2D eigenvalue weighted by molar-refractivity contribution is 6.31. The fourth-order valence-corrected chi connectivity index (χ4v) is 3.34. The fraction of sp³-hybridized carbons (Fsp3) is 0.174. The molecule has 2 N–H and O–H groups in total. The van der Waals surface area contributed by atoms with Crippen LogP contribution in [-0.2, 0) is 4.74 Å². The third-order valence-electron chi connectivity index (χ3n) is 4.70. The maximum absolute atomic E-state index is 10.5. The number of anilines is 1. The number of hydrogen-bond donors (Lipinski definition) is 2. The standard InChI is InChI=1S/C23H21ClN2O3/c1-14-9-20(27)17(13-18(14)24)19-10-16(12-23(26-19)25-7-8-28-2)22-11-15-5-3-4-6-21(15)29-22/h3-6,9-13,27H,7-8H2,1-2H3,(H,25,26). The molecule has 2 aromatic carbocycles. The molecule has 4 rings (SSSR count). The average molecular weight is 409 g/mol. The Kier molecular flexibility index (Phi) is 5.43. The number of aromatic nitrogens is 1. The maximum atomic E-state index is 10.5. The number of nitrogens with zero attached hydrogens (tertiary/aromatic N) is 1. The van der Waals surface area contributed by atoms with Gasteiger partial charge in [-0.25, -0.2) is 4.98 Å². The summed E-state index contributed by atoms with van der Waals surface area (Å²) >= 11 is 6.30. The number of aromatic hydroxyl groups is 1. The van der Waals surface area contributed by atoms with E-state index in [4.69, 9.17) is 20.8 Å². The summed E-state index contributed by atoms with van der Waals surface area (Å²) in [5.74, 6) is 1.51. The monoisotopic (exact) mass is 408 g/mol. The molecule has 0 unspecified atom stereocenters. The molecule has 29 heavy (non-hydrogen) atoms. The third-order valence-corrected chi connectivity index (χ3v) is 5.11. The molecule has 0 bridgehead atoms. The quantitative estimate of drug-likeness (QED) is 0.389. The first-order chi connectivity index (χ1) is 14.0. The van der Waals surface area contributed by atoms with Gasteiger partial charge in [0.05, 0.1) is 12.3 Å². The molecule has 0 saturated carbocycles. The number of fused-ring (bicyclic) bond motifs is 1. The Balaban J connectivity index is 1.83. The van der Waals surface area contributed by atoms with E-state index in [1.54, 1.807) is 19.2 Å². The molecule has 2 aromatic heterocycles. The lowest BCUT2D eigenvalue weighted by Gasteiger charge is -2.12. The van der Waals surface area contributed by atoms with E-state index in [1.165, 1.54) is 0 Å². The third kappa shape index (κ3) is 4.06. The van der Waals surface area contributed by atoms with Crippen molar-refractivity contribution in [1.82, 2.24) is 4.98 Å². The molecule has 5 nitrogen and oxygen atoms in total. The Hall–Kier alpha value is -3.02. The SMILES string of the molecule is COCCNc1cc(-c2cc3ccccc3o2)cc(-c2cc(Cl)c(C)cc2O)n1. The van der Waals surface area contributed by atoms with E-state index < -0.39 is 0 Å². The second-order valence-electron chi connectivity index (χ2n) is 6.81. The van der Waals surface area contributed by atoms with Gasteiger partial charge in [-0.05, 0) is 48.9 Å². The smallest absolute Gasteiger partial charge is 0.135 e. The van der Waals surface area contributed by atoms with Crippen LogP contribution >= 0.6 is 11.6 Å². The second-order valence-corrected chi connectivity index (χ2v) is 7.22. The lowest BCUT2D eigenvalue weighted by atomic mass is 10.0. The van der Waals surface area contributed by atoms with Crippen molar-refractivity contribution in [2.45, 2.75) is 6.92 Å². The van der Waals surface area contributed by atoms with E-state index in [9.17, 15) is 5.11 Å². The minimum absolute atomic E-state index is 0.129. The molecule has 2 heterocycles. The minimum atomic E-state index is 0.129. The number of phenols is 1. The summed E-state index contributed by atoms with van der Waals surface area (Å²) in [6.07, 6.45) is 0. The molecule has 4 aromatic rings. The molecule has 0 radical (unpaired) electrons. The molecule has 0 aliphatic carbocycles. The summed E-state index contributed by atoms with van der Waals surface area (Å²) in [6.45, 7) is 3.00. The van der Waals surface area contributed by atoms with Gasteiger partial charge in [0, 0.05) is 35.2 Å². The minimum Gasteiger partial charge on any atom is -0.507 e. The number of ether oxygens (including phenoxy) is 1. The summed E-state index contributed by atoms with van der Waals surface area (Å²) in [4.78, 5) is 4.66. The van der Waals surface area contributed by atoms with Crippen LogP contribution in [0.4, 0.5) is 5.82 Å². The lowest BCUT2D eigenvalue weighted by molar-refractivity contribution is 0.210. The van der Waals surface area contributed by atoms with Gasteiger partial charge in [0.25, 0.3) is 0 Å². The zero-order valence-electron chi connectivity index (χ0n) is 16.2. The van der Waals surface area contributed by atoms with Crippen molar-refractivity contribution in [1.29, 1.82) is 0 Å². The van der Waals surface area contributed by atoms with Crippen LogP contribution in [0.3, 0.4) is 0 Å². The Bertz CT molecular complexity index is 1140. The molecular formula is C23H21ClN2O3. The molecule has 0 atom stereocenters. The zero-order valence-corrected chi connectivity index (χ0v) is 17.0. The van der Waals surface area contributed by atoms with E-state index in [-0.39, 0.29) is 5.75 Å². The van der Waals surface area contributed by atoms with Crippen LogP contribution in [0.5, 0.6) is 5.75 Å². The molecule has 0 spiro atoms. The van der Waals surface area contributed by atoms with Crippen LogP contribution in [0.25, 0.3) is 33.6 Å². The number of furan rings is 1. The first-order valence-electron chi connectivity index (χ1n) is 9.28. The normalized spacial score (nSPS) is 11.1. The number of phenolic OH excluding ortho intramolecular Hbond substituents is 1.